The smallest absolute Gasteiger partial charge is 0.191 e. The number of benzene rings is 1. The number of hydrogen-bond acceptors (Lipinski definition) is 3. The largest absolute Gasteiger partial charge is 0.356 e. The van der Waals surface area contributed by atoms with Gasteiger partial charge in [-0.1, -0.05) is 37.1 Å². The molecule has 2 fully saturated rings. The van der Waals surface area contributed by atoms with Crippen LogP contribution in [-0.2, 0) is 13.1 Å². The van der Waals surface area contributed by atoms with Crippen molar-refractivity contribution >= 4 is 29.9 Å². The summed E-state index contributed by atoms with van der Waals surface area (Å²) < 4.78 is 0. The zero-order valence-electron chi connectivity index (χ0n) is 18.9. The first-order valence-electron chi connectivity index (χ1n) is 11.8. The van der Waals surface area contributed by atoms with E-state index < -0.39 is 0 Å². The molecule has 0 amide bonds. The first-order valence-corrected chi connectivity index (χ1v) is 11.8. The molecule has 1 aromatic rings. The van der Waals surface area contributed by atoms with Crippen molar-refractivity contribution in [3.8, 4) is 0 Å². The fraction of sp³-hybridized carbons (Fsp3) is 0.708. The van der Waals surface area contributed by atoms with E-state index >= 15 is 0 Å². The lowest BCUT2D eigenvalue weighted by atomic mass is 10.1. The van der Waals surface area contributed by atoms with Crippen LogP contribution in [0.1, 0.15) is 62.5 Å². The Bertz CT molecular complexity index is 592. The van der Waals surface area contributed by atoms with E-state index in [1.54, 1.807) is 0 Å². The third-order valence-corrected chi connectivity index (χ3v) is 6.20. The molecule has 0 saturated carbocycles. The van der Waals surface area contributed by atoms with Gasteiger partial charge in [0, 0.05) is 26.7 Å². The Morgan fingerprint density at radius 3 is 2.13 bits per heavy atom. The number of piperidine rings is 1. The maximum Gasteiger partial charge on any atom is 0.191 e. The fourth-order valence-corrected chi connectivity index (χ4v) is 4.39. The Kier molecular flexibility index (Phi) is 12.7. The molecule has 3 rings (SSSR count). The van der Waals surface area contributed by atoms with Crippen LogP contribution >= 0.6 is 24.0 Å². The summed E-state index contributed by atoms with van der Waals surface area (Å²) in [5, 5.41) is 6.90. The molecule has 0 atom stereocenters. The second kappa shape index (κ2) is 15.0. The summed E-state index contributed by atoms with van der Waals surface area (Å²) in [5.74, 6) is 0.905. The van der Waals surface area contributed by atoms with Gasteiger partial charge in [-0.3, -0.25) is 9.89 Å². The van der Waals surface area contributed by atoms with Crippen LogP contribution in [0.25, 0.3) is 0 Å². The molecule has 0 aromatic heterocycles. The number of aliphatic imine (C=N–C) groups is 1. The summed E-state index contributed by atoms with van der Waals surface area (Å²) in [5.41, 5.74) is 2.72. The predicted octanol–water partition coefficient (Wildman–Crippen LogP) is 4.22. The number of guanidine groups is 1. The van der Waals surface area contributed by atoms with Crippen LogP contribution in [0.5, 0.6) is 0 Å². The first-order chi connectivity index (χ1) is 14.3. The van der Waals surface area contributed by atoms with Crippen molar-refractivity contribution in [3.05, 3.63) is 35.4 Å². The molecule has 0 spiro atoms. The molecule has 170 valence electrons. The predicted molar refractivity (Wildman–Crippen MR) is 139 cm³/mol. The van der Waals surface area contributed by atoms with Gasteiger partial charge in [-0.2, -0.15) is 0 Å². The molecule has 5 nitrogen and oxygen atoms in total. The minimum atomic E-state index is 0. The number of unbranched alkanes of at least 4 members (excludes halogenated alkanes) is 2. The lowest BCUT2D eigenvalue weighted by Crippen LogP contribution is -2.37. The van der Waals surface area contributed by atoms with E-state index in [-0.39, 0.29) is 24.0 Å². The normalized spacial score (nSPS) is 18.2. The van der Waals surface area contributed by atoms with E-state index in [2.05, 4.69) is 49.7 Å². The van der Waals surface area contributed by atoms with Crippen LogP contribution < -0.4 is 10.6 Å². The Labute approximate surface area is 201 Å². The van der Waals surface area contributed by atoms with E-state index in [0.29, 0.717) is 0 Å². The average molecular weight is 528 g/mol. The summed E-state index contributed by atoms with van der Waals surface area (Å²) in [4.78, 5) is 9.54. The van der Waals surface area contributed by atoms with Gasteiger partial charge < -0.3 is 15.5 Å². The minimum Gasteiger partial charge on any atom is -0.356 e. The van der Waals surface area contributed by atoms with Gasteiger partial charge in [0.05, 0.1) is 0 Å². The van der Waals surface area contributed by atoms with E-state index in [9.17, 15) is 0 Å². The molecular weight excluding hydrogens is 485 g/mol. The molecule has 1 aromatic carbocycles. The third-order valence-electron chi connectivity index (χ3n) is 6.20. The van der Waals surface area contributed by atoms with Crippen LogP contribution in [0.3, 0.4) is 0 Å². The van der Waals surface area contributed by atoms with Gasteiger partial charge in [-0.15, -0.1) is 24.0 Å². The molecule has 0 radical (unpaired) electrons. The summed E-state index contributed by atoms with van der Waals surface area (Å²) in [6.45, 7) is 9.32. The zero-order chi connectivity index (χ0) is 20.2. The van der Waals surface area contributed by atoms with E-state index in [0.717, 1.165) is 25.6 Å². The Hall–Kier alpha value is -0.860. The van der Waals surface area contributed by atoms with Crippen molar-refractivity contribution in [2.75, 3.05) is 46.3 Å². The molecule has 2 N–H and O–H groups in total. The van der Waals surface area contributed by atoms with E-state index in [1.807, 2.05) is 7.05 Å². The fourth-order valence-electron chi connectivity index (χ4n) is 4.39. The van der Waals surface area contributed by atoms with Crippen LogP contribution in [-0.4, -0.2) is 62.1 Å². The highest BCUT2D eigenvalue weighted by molar-refractivity contribution is 14.0. The molecule has 2 saturated heterocycles. The zero-order valence-corrected chi connectivity index (χ0v) is 21.2. The van der Waals surface area contributed by atoms with Gasteiger partial charge in [0.15, 0.2) is 5.96 Å². The maximum atomic E-state index is 4.36. The quantitative estimate of drug-likeness (QED) is 0.207. The molecule has 6 heteroatoms. The van der Waals surface area contributed by atoms with E-state index in [1.165, 1.54) is 95.2 Å². The second-order valence-electron chi connectivity index (χ2n) is 8.62. The molecule has 30 heavy (non-hydrogen) atoms. The highest BCUT2D eigenvalue weighted by atomic mass is 127. The van der Waals surface area contributed by atoms with Gasteiger partial charge in [0.1, 0.15) is 0 Å². The SMILES string of the molecule is CN=C(NCCCCCN1CCCCC1)NCc1ccc(CN2CCCC2)cc1.I. The van der Waals surface area contributed by atoms with Gasteiger partial charge >= 0.3 is 0 Å². The average Bonchev–Trinajstić information content (AvgIpc) is 3.27. The number of hydrogen-bond donors (Lipinski definition) is 2. The summed E-state index contributed by atoms with van der Waals surface area (Å²) >= 11 is 0. The lowest BCUT2D eigenvalue weighted by Gasteiger charge is -2.26. The van der Waals surface area contributed by atoms with Crippen molar-refractivity contribution in [2.24, 2.45) is 4.99 Å². The second-order valence-corrected chi connectivity index (χ2v) is 8.62. The van der Waals surface area contributed by atoms with Gasteiger partial charge in [0.25, 0.3) is 0 Å². The van der Waals surface area contributed by atoms with Crippen LogP contribution in [0.15, 0.2) is 29.3 Å². The number of nitrogens with one attached hydrogen (secondary N) is 2. The molecule has 2 heterocycles. The Balaban J connectivity index is 0.00000320. The highest BCUT2D eigenvalue weighted by Gasteiger charge is 2.11. The molecular formula is C24H42IN5. The molecule has 0 aliphatic carbocycles. The van der Waals surface area contributed by atoms with Crippen molar-refractivity contribution in [1.29, 1.82) is 0 Å². The standard InChI is InChI=1S/C24H41N5.HI/c1-25-24(26-14-4-2-5-15-28-16-6-3-7-17-28)27-20-22-10-12-23(13-11-22)21-29-18-8-9-19-29;/h10-13H,2-9,14-21H2,1H3,(H2,25,26,27);1H. The molecule has 2 aliphatic rings. The monoisotopic (exact) mass is 527 g/mol. The number of likely N-dealkylation sites (tertiary alicyclic amines) is 2. The van der Waals surface area contributed by atoms with Crippen molar-refractivity contribution in [1.82, 2.24) is 20.4 Å². The van der Waals surface area contributed by atoms with Crippen molar-refractivity contribution in [3.63, 3.8) is 0 Å². The summed E-state index contributed by atoms with van der Waals surface area (Å²) in [6.07, 6.45) is 10.7. The lowest BCUT2D eigenvalue weighted by molar-refractivity contribution is 0.224. The minimum absolute atomic E-state index is 0. The molecule has 2 aliphatic heterocycles. The Morgan fingerprint density at radius 2 is 1.43 bits per heavy atom. The summed E-state index contributed by atoms with van der Waals surface area (Å²) in [6, 6.07) is 9.03. The van der Waals surface area contributed by atoms with Crippen molar-refractivity contribution < 1.29 is 0 Å². The van der Waals surface area contributed by atoms with Crippen molar-refractivity contribution in [2.45, 2.75) is 64.5 Å². The van der Waals surface area contributed by atoms with E-state index in [4.69, 9.17) is 0 Å². The summed E-state index contributed by atoms with van der Waals surface area (Å²) in [7, 11) is 1.85. The van der Waals surface area contributed by atoms with Crippen LogP contribution in [0.4, 0.5) is 0 Å². The molecule has 0 bridgehead atoms. The van der Waals surface area contributed by atoms with Gasteiger partial charge in [-0.25, -0.2) is 0 Å². The van der Waals surface area contributed by atoms with Gasteiger partial charge in [0.2, 0.25) is 0 Å². The number of rotatable bonds is 10. The maximum absolute atomic E-state index is 4.36. The first kappa shape index (κ1) is 25.4. The molecule has 0 unspecified atom stereocenters. The third kappa shape index (κ3) is 9.52. The van der Waals surface area contributed by atoms with Crippen LogP contribution in [0.2, 0.25) is 0 Å². The topological polar surface area (TPSA) is 42.9 Å². The van der Waals surface area contributed by atoms with Crippen LogP contribution in [0, 0.1) is 0 Å². The number of nitrogens with zero attached hydrogens (tertiary/aromatic N) is 3. The number of halogens is 1. The van der Waals surface area contributed by atoms with Gasteiger partial charge in [-0.05, 0) is 82.4 Å². The Morgan fingerprint density at radius 1 is 0.800 bits per heavy atom. The highest BCUT2D eigenvalue weighted by Crippen LogP contribution is 2.13.